The minimum atomic E-state index is -0.442. The summed E-state index contributed by atoms with van der Waals surface area (Å²) in [5.74, 6) is 0. The van der Waals surface area contributed by atoms with Crippen LogP contribution in [-0.4, -0.2) is 33.8 Å². The third-order valence-electron chi connectivity index (χ3n) is 2.12. The highest BCUT2D eigenvalue weighted by molar-refractivity contribution is 5.86. The molecule has 2 aromatic rings. The number of carbonyl (C=O) groups is 1. The smallest absolute Gasteiger partial charge is 0.419 e. The predicted octanol–water partition coefficient (Wildman–Crippen LogP) is 1.19. The maximum Gasteiger partial charge on any atom is 0.419 e. The largest absolute Gasteiger partial charge is 0.449 e. The second-order valence-corrected chi connectivity index (χ2v) is 3.24. The molecule has 0 aromatic carbocycles. The second-order valence-electron chi connectivity index (χ2n) is 3.24. The van der Waals surface area contributed by atoms with Crippen LogP contribution in [0.2, 0.25) is 0 Å². The molecule has 2 aromatic heterocycles. The summed E-state index contributed by atoms with van der Waals surface area (Å²) >= 11 is 0. The molecule has 2 heterocycles. The van der Waals surface area contributed by atoms with E-state index < -0.39 is 6.09 Å². The average molecular weight is 257 g/mol. The number of ether oxygens (including phenoxy) is 1. The Kier molecular flexibility index (Phi) is 4.86. The first-order chi connectivity index (χ1) is 7.83. The quantitative estimate of drug-likeness (QED) is 0.834. The molecule has 0 bridgehead atoms. The third-order valence-corrected chi connectivity index (χ3v) is 2.12. The first-order valence-electron chi connectivity index (χ1n) is 4.97. The average Bonchev–Trinajstić information content (AvgIpc) is 2.73. The van der Waals surface area contributed by atoms with Gasteiger partial charge in [0.25, 0.3) is 0 Å². The van der Waals surface area contributed by atoms with Crippen molar-refractivity contribution in [3.05, 3.63) is 24.8 Å². The minimum Gasteiger partial charge on any atom is -0.449 e. The number of halogens is 1. The van der Waals surface area contributed by atoms with Crippen molar-refractivity contribution in [2.75, 3.05) is 13.2 Å². The fourth-order valence-corrected chi connectivity index (χ4v) is 1.34. The standard InChI is InChI=1S/C10H12N4O2.ClH/c11-3-1-5-16-10(15)14-4-2-8-6-12-7-13-9(8)14;/h2,4,6-7H,1,3,5,11H2;1H. The molecule has 0 fully saturated rings. The zero-order chi connectivity index (χ0) is 11.4. The van der Waals surface area contributed by atoms with Gasteiger partial charge in [0, 0.05) is 17.8 Å². The van der Waals surface area contributed by atoms with Gasteiger partial charge in [0.2, 0.25) is 0 Å². The molecule has 6 nitrogen and oxygen atoms in total. The van der Waals surface area contributed by atoms with Crippen LogP contribution >= 0.6 is 12.4 Å². The van der Waals surface area contributed by atoms with E-state index in [1.165, 1.54) is 10.9 Å². The minimum absolute atomic E-state index is 0. The van der Waals surface area contributed by atoms with E-state index in [2.05, 4.69) is 9.97 Å². The van der Waals surface area contributed by atoms with Crippen LogP contribution in [0.5, 0.6) is 0 Å². The molecule has 2 rings (SSSR count). The summed E-state index contributed by atoms with van der Waals surface area (Å²) in [7, 11) is 0. The first kappa shape index (κ1) is 13.4. The van der Waals surface area contributed by atoms with Crippen LogP contribution in [0.15, 0.2) is 24.8 Å². The monoisotopic (exact) mass is 256 g/mol. The third kappa shape index (κ3) is 2.92. The summed E-state index contributed by atoms with van der Waals surface area (Å²) < 4.78 is 6.37. The molecule has 0 aliphatic heterocycles. The molecule has 0 amide bonds. The van der Waals surface area contributed by atoms with Crippen molar-refractivity contribution < 1.29 is 9.53 Å². The molecule has 7 heteroatoms. The number of nitrogens with two attached hydrogens (primary N) is 1. The van der Waals surface area contributed by atoms with Crippen LogP contribution in [0, 0.1) is 0 Å². The highest BCUT2D eigenvalue weighted by atomic mass is 35.5. The van der Waals surface area contributed by atoms with Gasteiger partial charge in [-0.15, -0.1) is 12.4 Å². The maximum absolute atomic E-state index is 11.6. The van der Waals surface area contributed by atoms with Crippen molar-refractivity contribution in [3.63, 3.8) is 0 Å². The van der Waals surface area contributed by atoms with Gasteiger partial charge in [0.1, 0.15) is 6.33 Å². The topological polar surface area (TPSA) is 83.0 Å². The van der Waals surface area contributed by atoms with Gasteiger partial charge in [-0.2, -0.15) is 0 Å². The molecule has 0 atom stereocenters. The number of hydrogen-bond donors (Lipinski definition) is 1. The lowest BCUT2D eigenvalue weighted by atomic mass is 10.4. The Balaban J connectivity index is 0.00000144. The zero-order valence-electron chi connectivity index (χ0n) is 9.07. The Hall–Kier alpha value is -1.66. The molecule has 0 spiro atoms. The van der Waals surface area contributed by atoms with Gasteiger partial charge in [-0.05, 0) is 19.0 Å². The van der Waals surface area contributed by atoms with Gasteiger partial charge in [-0.25, -0.2) is 19.3 Å². The molecule has 0 saturated heterocycles. The van der Waals surface area contributed by atoms with Gasteiger partial charge < -0.3 is 10.5 Å². The van der Waals surface area contributed by atoms with Gasteiger partial charge in [0.15, 0.2) is 5.65 Å². The lowest BCUT2D eigenvalue weighted by Gasteiger charge is -2.04. The van der Waals surface area contributed by atoms with Crippen molar-refractivity contribution >= 4 is 29.5 Å². The molecule has 92 valence electrons. The number of hydrogen-bond acceptors (Lipinski definition) is 5. The Morgan fingerprint density at radius 2 is 2.35 bits per heavy atom. The number of fused-ring (bicyclic) bond motifs is 1. The second kappa shape index (κ2) is 6.17. The Morgan fingerprint density at radius 3 is 3.12 bits per heavy atom. The molecule has 17 heavy (non-hydrogen) atoms. The lowest BCUT2D eigenvalue weighted by Crippen LogP contribution is -2.15. The van der Waals surface area contributed by atoms with E-state index in [0.29, 0.717) is 25.2 Å². The van der Waals surface area contributed by atoms with E-state index in [0.717, 1.165) is 5.39 Å². The Bertz CT molecular complexity index is 500. The summed E-state index contributed by atoms with van der Waals surface area (Å²) in [5.41, 5.74) is 5.85. The SMILES string of the molecule is Cl.NCCCOC(=O)n1ccc2cncnc21. The van der Waals surface area contributed by atoms with E-state index in [4.69, 9.17) is 10.5 Å². The highest BCUT2D eigenvalue weighted by Gasteiger charge is 2.10. The summed E-state index contributed by atoms with van der Waals surface area (Å²) in [6, 6.07) is 1.76. The lowest BCUT2D eigenvalue weighted by molar-refractivity contribution is 0.148. The summed E-state index contributed by atoms with van der Waals surface area (Å²) in [4.78, 5) is 19.5. The van der Waals surface area contributed by atoms with Gasteiger partial charge in [-0.1, -0.05) is 0 Å². The van der Waals surface area contributed by atoms with Crippen molar-refractivity contribution in [1.29, 1.82) is 0 Å². The Labute approximate surface area is 104 Å². The molecule has 0 aliphatic carbocycles. The number of nitrogens with zero attached hydrogens (tertiary/aromatic N) is 3. The van der Waals surface area contributed by atoms with Crippen LogP contribution in [0.4, 0.5) is 4.79 Å². The van der Waals surface area contributed by atoms with Crippen LogP contribution < -0.4 is 5.73 Å². The van der Waals surface area contributed by atoms with Crippen molar-refractivity contribution in [1.82, 2.24) is 14.5 Å². The van der Waals surface area contributed by atoms with E-state index in [-0.39, 0.29) is 12.4 Å². The summed E-state index contributed by atoms with van der Waals surface area (Å²) in [6.07, 6.45) is 4.87. The van der Waals surface area contributed by atoms with Crippen LogP contribution in [-0.2, 0) is 4.74 Å². The van der Waals surface area contributed by atoms with Crippen molar-refractivity contribution in [3.8, 4) is 0 Å². The van der Waals surface area contributed by atoms with Crippen LogP contribution in [0.3, 0.4) is 0 Å². The van der Waals surface area contributed by atoms with Gasteiger partial charge in [0.05, 0.1) is 6.61 Å². The fraction of sp³-hybridized carbons (Fsp3) is 0.300. The number of aromatic nitrogens is 3. The van der Waals surface area contributed by atoms with Crippen LogP contribution in [0.25, 0.3) is 11.0 Å². The molecule has 0 unspecified atom stereocenters. The van der Waals surface area contributed by atoms with Crippen molar-refractivity contribution in [2.24, 2.45) is 5.73 Å². The normalized spacial score (nSPS) is 9.94. The van der Waals surface area contributed by atoms with E-state index >= 15 is 0 Å². The van der Waals surface area contributed by atoms with Gasteiger partial charge >= 0.3 is 6.09 Å². The Morgan fingerprint density at radius 1 is 1.53 bits per heavy atom. The van der Waals surface area contributed by atoms with E-state index in [1.54, 1.807) is 18.5 Å². The molecule has 2 N–H and O–H groups in total. The summed E-state index contributed by atoms with van der Waals surface area (Å²) in [5, 5.41) is 0.804. The molecule has 0 saturated carbocycles. The van der Waals surface area contributed by atoms with Crippen molar-refractivity contribution in [2.45, 2.75) is 6.42 Å². The highest BCUT2D eigenvalue weighted by Crippen LogP contribution is 2.11. The molecular formula is C10H13ClN4O2. The zero-order valence-corrected chi connectivity index (χ0v) is 9.89. The number of carbonyl (C=O) groups excluding carboxylic acids is 1. The predicted molar refractivity (Wildman–Crippen MR) is 65.2 cm³/mol. The summed E-state index contributed by atoms with van der Waals surface area (Å²) in [6.45, 7) is 0.821. The van der Waals surface area contributed by atoms with Gasteiger partial charge in [-0.3, -0.25) is 0 Å². The van der Waals surface area contributed by atoms with E-state index in [1.807, 2.05) is 0 Å². The fourth-order valence-electron chi connectivity index (χ4n) is 1.34. The first-order valence-corrected chi connectivity index (χ1v) is 4.97. The molecule has 0 aliphatic rings. The molecular weight excluding hydrogens is 244 g/mol. The van der Waals surface area contributed by atoms with E-state index in [9.17, 15) is 4.79 Å². The van der Waals surface area contributed by atoms with Crippen LogP contribution in [0.1, 0.15) is 6.42 Å². The maximum atomic E-state index is 11.6. The molecule has 0 radical (unpaired) electrons. The number of rotatable bonds is 3.